The van der Waals surface area contributed by atoms with Crippen molar-refractivity contribution in [3.8, 4) is 0 Å². The molecule has 0 radical (unpaired) electrons. The molecular formula is C10H16N2O3. The Bertz CT molecular complexity index is 355. The predicted octanol–water partition coefficient (Wildman–Crippen LogP) is 0.842. The largest absolute Gasteiger partial charge is 0.479 e. The third-order valence-electron chi connectivity index (χ3n) is 2.23. The molecule has 0 fully saturated rings. The van der Waals surface area contributed by atoms with E-state index in [0.29, 0.717) is 0 Å². The Morgan fingerprint density at radius 2 is 2.27 bits per heavy atom. The summed E-state index contributed by atoms with van der Waals surface area (Å²) in [6.45, 7) is 5.19. The third-order valence-corrected chi connectivity index (χ3v) is 2.23. The van der Waals surface area contributed by atoms with Crippen LogP contribution in [-0.4, -0.2) is 31.6 Å². The van der Waals surface area contributed by atoms with Gasteiger partial charge in [-0.3, -0.25) is 4.68 Å². The molecule has 0 aromatic carbocycles. The Hall–Kier alpha value is -1.36. The van der Waals surface area contributed by atoms with E-state index in [1.54, 1.807) is 16.9 Å². The molecule has 0 saturated heterocycles. The van der Waals surface area contributed by atoms with Crippen molar-refractivity contribution in [2.24, 2.45) is 0 Å². The van der Waals surface area contributed by atoms with Gasteiger partial charge in [0.15, 0.2) is 5.60 Å². The van der Waals surface area contributed by atoms with E-state index < -0.39 is 11.6 Å². The molecule has 0 bridgehead atoms. The molecule has 5 heteroatoms. The summed E-state index contributed by atoms with van der Waals surface area (Å²) in [4.78, 5) is 10.7. The minimum absolute atomic E-state index is 0.0561. The van der Waals surface area contributed by atoms with E-state index in [1.165, 1.54) is 6.92 Å². The number of hydrogen-bond acceptors (Lipinski definition) is 3. The molecule has 0 saturated carbocycles. The fraction of sp³-hybridized carbons (Fsp3) is 0.600. The zero-order chi connectivity index (χ0) is 11.6. The number of nitrogens with zero attached hydrogens (tertiary/aromatic N) is 2. The second-order valence-corrected chi connectivity index (χ2v) is 4.12. The fourth-order valence-electron chi connectivity index (χ4n) is 1.37. The molecule has 2 N–H and O–H groups in total. The maximum Gasteiger partial charge on any atom is 0.335 e. The molecular weight excluding hydrogens is 196 g/mol. The number of carboxylic acids is 1. The quantitative estimate of drug-likeness (QED) is 0.775. The molecule has 0 spiro atoms. The second kappa shape index (κ2) is 4.02. The molecule has 1 aromatic rings. The van der Waals surface area contributed by atoms with E-state index in [9.17, 15) is 9.90 Å². The van der Waals surface area contributed by atoms with Crippen LogP contribution in [0.5, 0.6) is 0 Å². The summed E-state index contributed by atoms with van der Waals surface area (Å²) >= 11 is 0. The standard InChI is InChI=1S/C10H16N2O3/c1-7(2)12-8(4-5-11-12)6-10(3,15)9(13)14/h4-5,7,15H,6H2,1-3H3,(H,13,14). The summed E-state index contributed by atoms with van der Waals surface area (Å²) < 4.78 is 1.71. The van der Waals surface area contributed by atoms with Crippen LogP contribution in [-0.2, 0) is 11.2 Å². The van der Waals surface area contributed by atoms with Crippen molar-refractivity contribution in [3.05, 3.63) is 18.0 Å². The Balaban J connectivity index is 2.90. The summed E-state index contributed by atoms with van der Waals surface area (Å²) in [7, 11) is 0. The average Bonchev–Trinajstić information content (AvgIpc) is 2.51. The molecule has 84 valence electrons. The van der Waals surface area contributed by atoms with Crippen molar-refractivity contribution in [1.29, 1.82) is 0 Å². The van der Waals surface area contributed by atoms with Gasteiger partial charge in [-0.1, -0.05) is 0 Å². The summed E-state index contributed by atoms with van der Waals surface area (Å²) in [5.74, 6) is -1.22. The van der Waals surface area contributed by atoms with Crippen LogP contribution in [0.1, 0.15) is 32.5 Å². The topological polar surface area (TPSA) is 75.3 Å². The highest BCUT2D eigenvalue weighted by Crippen LogP contribution is 2.16. The third kappa shape index (κ3) is 2.56. The lowest BCUT2D eigenvalue weighted by molar-refractivity contribution is -0.156. The first kappa shape index (κ1) is 11.7. The first-order chi connectivity index (χ1) is 6.84. The van der Waals surface area contributed by atoms with Crippen molar-refractivity contribution >= 4 is 5.97 Å². The van der Waals surface area contributed by atoms with Crippen LogP contribution in [0.4, 0.5) is 0 Å². The molecule has 1 unspecified atom stereocenters. The molecule has 1 heterocycles. The summed E-state index contributed by atoms with van der Waals surface area (Å²) in [5, 5.41) is 22.5. The van der Waals surface area contributed by atoms with Gasteiger partial charge in [0.05, 0.1) is 0 Å². The number of carboxylic acid groups (broad SMARTS) is 1. The van der Waals surface area contributed by atoms with E-state index in [1.807, 2.05) is 13.8 Å². The lowest BCUT2D eigenvalue weighted by Crippen LogP contribution is -2.38. The molecule has 0 amide bonds. The van der Waals surface area contributed by atoms with E-state index >= 15 is 0 Å². The van der Waals surface area contributed by atoms with E-state index in [4.69, 9.17) is 5.11 Å². The van der Waals surface area contributed by atoms with Crippen molar-refractivity contribution in [1.82, 2.24) is 9.78 Å². The fourth-order valence-corrected chi connectivity index (χ4v) is 1.37. The molecule has 1 rings (SSSR count). The van der Waals surface area contributed by atoms with Crippen LogP contribution >= 0.6 is 0 Å². The number of aromatic nitrogens is 2. The molecule has 5 nitrogen and oxygen atoms in total. The Morgan fingerprint density at radius 3 is 2.73 bits per heavy atom. The second-order valence-electron chi connectivity index (χ2n) is 4.12. The number of carbonyl (C=O) groups is 1. The van der Waals surface area contributed by atoms with Crippen molar-refractivity contribution in [3.63, 3.8) is 0 Å². The van der Waals surface area contributed by atoms with Gasteiger partial charge in [0.1, 0.15) is 0 Å². The molecule has 0 aliphatic heterocycles. The number of aliphatic carboxylic acids is 1. The van der Waals surface area contributed by atoms with Crippen LogP contribution in [0, 0.1) is 0 Å². The molecule has 1 atom stereocenters. The van der Waals surface area contributed by atoms with Gasteiger partial charge >= 0.3 is 5.97 Å². The van der Waals surface area contributed by atoms with Crippen LogP contribution in [0.15, 0.2) is 12.3 Å². The Kier molecular flexibility index (Phi) is 3.14. The van der Waals surface area contributed by atoms with Crippen molar-refractivity contribution in [2.45, 2.75) is 38.8 Å². The van der Waals surface area contributed by atoms with Gasteiger partial charge in [-0.25, -0.2) is 4.79 Å². The highest BCUT2D eigenvalue weighted by molar-refractivity contribution is 5.76. The molecule has 1 aromatic heterocycles. The first-order valence-corrected chi connectivity index (χ1v) is 4.83. The van der Waals surface area contributed by atoms with Crippen LogP contribution in [0.2, 0.25) is 0 Å². The normalized spacial score (nSPS) is 15.3. The smallest absolute Gasteiger partial charge is 0.335 e. The van der Waals surface area contributed by atoms with Gasteiger partial charge in [-0.15, -0.1) is 0 Å². The molecule has 0 aliphatic carbocycles. The lowest BCUT2D eigenvalue weighted by atomic mass is 10.0. The highest BCUT2D eigenvalue weighted by Gasteiger charge is 2.31. The molecule has 15 heavy (non-hydrogen) atoms. The van der Waals surface area contributed by atoms with Gasteiger partial charge in [0.25, 0.3) is 0 Å². The van der Waals surface area contributed by atoms with Gasteiger partial charge < -0.3 is 10.2 Å². The van der Waals surface area contributed by atoms with Crippen LogP contribution in [0.25, 0.3) is 0 Å². The zero-order valence-corrected chi connectivity index (χ0v) is 9.14. The predicted molar refractivity (Wildman–Crippen MR) is 54.6 cm³/mol. The van der Waals surface area contributed by atoms with E-state index in [-0.39, 0.29) is 12.5 Å². The maximum absolute atomic E-state index is 10.7. The summed E-state index contributed by atoms with van der Waals surface area (Å²) in [5.41, 5.74) is -1.02. The number of aliphatic hydroxyl groups is 1. The SMILES string of the molecule is CC(C)n1nccc1CC(C)(O)C(=O)O. The van der Waals surface area contributed by atoms with Crippen LogP contribution < -0.4 is 0 Å². The van der Waals surface area contributed by atoms with Crippen molar-refractivity contribution < 1.29 is 15.0 Å². The zero-order valence-electron chi connectivity index (χ0n) is 9.14. The average molecular weight is 212 g/mol. The van der Waals surface area contributed by atoms with Gasteiger partial charge in [-0.2, -0.15) is 5.10 Å². The summed E-state index contributed by atoms with van der Waals surface area (Å²) in [6.07, 6.45) is 1.66. The number of rotatable bonds is 4. The van der Waals surface area contributed by atoms with Gasteiger partial charge in [0.2, 0.25) is 0 Å². The Labute approximate surface area is 88.3 Å². The maximum atomic E-state index is 10.7. The Morgan fingerprint density at radius 1 is 1.67 bits per heavy atom. The van der Waals surface area contributed by atoms with Crippen molar-refractivity contribution in [2.75, 3.05) is 0 Å². The summed E-state index contributed by atoms with van der Waals surface area (Å²) in [6, 6.07) is 1.87. The van der Waals surface area contributed by atoms with E-state index in [2.05, 4.69) is 5.10 Å². The number of hydrogen-bond donors (Lipinski definition) is 2. The van der Waals surface area contributed by atoms with E-state index in [0.717, 1.165) is 5.69 Å². The highest BCUT2D eigenvalue weighted by atomic mass is 16.4. The minimum Gasteiger partial charge on any atom is -0.479 e. The molecule has 0 aliphatic rings. The lowest BCUT2D eigenvalue weighted by Gasteiger charge is -2.19. The van der Waals surface area contributed by atoms with Gasteiger partial charge in [-0.05, 0) is 26.8 Å². The minimum atomic E-state index is -1.74. The monoisotopic (exact) mass is 212 g/mol. The first-order valence-electron chi connectivity index (χ1n) is 4.83. The van der Waals surface area contributed by atoms with Gasteiger partial charge in [0, 0.05) is 24.4 Å². The van der Waals surface area contributed by atoms with Crippen LogP contribution in [0.3, 0.4) is 0 Å².